The molecule has 7 rings (SSSR count). The summed E-state index contributed by atoms with van der Waals surface area (Å²) >= 11 is 0. The number of amides is 14. The van der Waals surface area contributed by atoms with E-state index in [4.69, 9.17) is 44.5 Å². The molecule has 4 fully saturated rings. The fraction of sp³-hybridized carbons (Fsp3) is 0.568. The van der Waals surface area contributed by atoms with Crippen LogP contribution in [0.3, 0.4) is 0 Å². The standard InChI is InChI=1S/C38H56FN9O12.C29H42N6O7.C28H42N8O8/c1-20(39)33(55)44-18-23-16-28(50)31(54)32(60-23)37(59)42-12-6-5-11-24-27(49)15-22(10-7-13-43-38(40)41)34(56)45-19-29(51)46-26(17-30(52)53)36(58)48-25(35(57)47-24)14-21-8-3-2-4-9-21;1-17(2)26-28(41)33-19(11-7-8-12-23(30)31)22(36)13-14-24(37)32-20(16-25(38)39)27(40)34-21(29(42)35(26)3)15-18-9-5-4-6-10-18;29-10-2-1-5-19-22(38)13-17(4-3-11-32-28(30)31)25(42)33-15-23(39)34-21(14-24(40)41)27(44)36-20(26(43)35-19)12-16-6-8-18(37)9-7-16/h2-4,8-9,20,22-26,28,31-32,50,54H,5-7,10-19H2,1H3,(H,42,59)(H,44,55)(H,45,56)(H,46,51)(H,47,57)(H,48,58)(H,52,53)(H4,40,41,43);4-6,9-10,17,19-21,26H,7-8,11-16H2,1-3H3,(H3,30,31)(H,32,37)(H,33,41)(H,34,40)(H,38,39);6-9,17,19-21,37H,1-5,10-15,29H2,(H,33,42)(H,34,39)(H,35,43)(H,36,44)(H,40,41)(H4,30,31,32)/t20?,22-,23?,24+,25-,26+,28?,31?,32?;19-,20-,21+,26-;17-,19+,20-,21+/m101/s1. The van der Waals surface area contributed by atoms with Crippen LogP contribution in [0.5, 0.6) is 5.75 Å². The molecule has 4 aliphatic heterocycles. The number of aliphatic hydroxyl groups is 2. The smallest absolute Gasteiger partial charge is 0.305 e. The summed E-state index contributed by atoms with van der Waals surface area (Å²) in [7, 11) is 1.44. The van der Waals surface area contributed by atoms with Crippen molar-refractivity contribution in [3.63, 3.8) is 0 Å². The Balaban J connectivity index is 0.000000394. The van der Waals surface area contributed by atoms with Crippen molar-refractivity contribution < 1.29 is 136 Å². The van der Waals surface area contributed by atoms with E-state index in [1.165, 1.54) is 36.2 Å². The van der Waals surface area contributed by atoms with Crippen LogP contribution in [0.2, 0.25) is 0 Å². The molecule has 804 valence electrons. The molecule has 4 heterocycles. The Morgan fingerprint density at radius 2 is 0.884 bits per heavy atom. The maximum Gasteiger partial charge on any atom is 0.305 e. The van der Waals surface area contributed by atoms with Crippen molar-refractivity contribution in [2.45, 2.75) is 272 Å². The Morgan fingerprint density at radius 3 is 1.32 bits per heavy atom. The van der Waals surface area contributed by atoms with Crippen LogP contribution in [0.15, 0.2) is 94.9 Å². The SMILES string of the molecule is CC(C)[C@H]1C(=O)N[C@@H](CCCCC(=N)N)C(=O)CCC(=O)N[C@@H](CC(=O)O)C(=O)N[C@H](Cc2ccccc2)C(=O)N1C.CC(F)C(=O)NCC1CC(O)C(O)C(C(=O)NCCCC[C@@H]2NC(=O)[C@@H](Cc3ccccc3)NC(=O)[C@H](CC(=O)O)NC(=O)CNC(=O)[C@H](CCCN=C(N)N)CC2=O)O1.NCCCC[C@@H]1NC(=O)[C@@H](Cc2ccc(O)cc2)NC(=O)[C@H](CC(=O)O)NC(=O)CNC(=O)[C@H](CCCN=C(N)N)CC1=O. The number of carbonyl (C=O) groups is 20. The number of Topliss-reactive ketones (excluding diaryl/α,β-unsaturated/α-hetero) is 3. The van der Waals surface area contributed by atoms with Gasteiger partial charge in [-0.3, -0.25) is 111 Å². The number of halogens is 1. The molecule has 17 atom stereocenters. The molecule has 4 saturated heterocycles. The van der Waals surface area contributed by atoms with Crippen LogP contribution in [0.25, 0.3) is 0 Å². The lowest BCUT2D eigenvalue weighted by atomic mass is 9.91. The van der Waals surface area contributed by atoms with E-state index in [0.29, 0.717) is 61.8 Å². The number of ether oxygens (including phenoxy) is 1. The highest BCUT2D eigenvalue weighted by molar-refractivity contribution is 6.02. The first-order chi connectivity index (χ1) is 69.1. The number of nitrogens with one attached hydrogen (secondary N) is 14. The molecule has 4 aliphatic rings. The molecule has 0 aliphatic carbocycles. The van der Waals surface area contributed by atoms with Gasteiger partial charge in [0.2, 0.25) is 70.9 Å². The third kappa shape index (κ3) is 45.0. The highest BCUT2D eigenvalue weighted by Crippen LogP contribution is 2.25. The van der Waals surface area contributed by atoms with E-state index < -0.39 is 253 Å². The molecule has 3 aromatic rings. The molecule has 0 saturated carbocycles. The predicted molar refractivity (Wildman–Crippen MR) is 523 cm³/mol. The van der Waals surface area contributed by atoms with Gasteiger partial charge in [0.1, 0.15) is 54.1 Å². The number of ketones is 3. The third-order valence-corrected chi connectivity index (χ3v) is 23.8. The van der Waals surface area contributed by atoms with E-state index >= 15 is 0 Å². The number of hydrogen-bond donors (Lipinski definition) is 26. The number of aliphatic carboxylic acids is 3. The predicted octanol–water partition coefficient (Wildman–Crippen LogP) is -5.19. The van der Waals surface area contributed by atoms with Crippen LogP contribution in [0.4, 0.5) is 4.39 Å². The van der Waals surface area contributed by atoms with E-state index in [1.807, 2.05) is 0 Å². The number of carboxylic acid groups (broad SMARTS) is 3. The Labute approximate surface area is 841 Å². The van der Waals surface area contributed by atoms with Gasteiger partial charge in [-0.15, -0.1) is 0 Å². The molecule has 0 aromatic heterocycles. The minimum Gasteiger partial charge on any atom is -0.508 e. The van der Waals surface area contributed by atoms with E-state index in [2.05, 4.69) is 79.1 Å². The number of guanidine groups is 2. The lowest BCUT2D eigenvalue weighted by Crippen LogP contribution is -2.59. The van der Waals surface area contributed by atoms with Crippen LogP contribution in [-0.4, -0.2) is 315 Å². The number of rotatable bonds is 39. The van der Waals surface area contributed by atoms with Crippen molar-refractivity contribution in [3.8, 4) is 5.75 Å². The number of phenols is 1. The van der Waals surface area contributed by atoms with Crippen molar-refractivity contribution in [2.75, 3.05) is 52.9 Å². The Hall–Kier alpha value is -14.8. The second-order valence-corrected chi connectivity index (χ2v) is 36.1. The number of alkyl halides is 1. The van der Waals surface area contributed by atoms with Crippen LogP contribution in [-0.2, 0) is 120 Å². The van der Waals surface area contributed by atoms with Crippen molar-refractivity contribution in [1.82, 2.24) is 74.0 Å². The summed E-state index contributed by atoms with van der Waals surface area (Å²) in [5.41, 5.74) is 34.5. The van der Waals surface area contributed by atoms with Gasteiger partial charge in [0.05, 0.1) is 68.5 Å². The summed E-state index contributed by atoms with van der Waals surface area (Å²) in [4.78, 5) is 269. The molecule has 51 heteroatoms. The van der Waals surface area contributed by atoms with Crippen LogP contribution in [0, 0.1) is 23.2 Å². The highest BCUT2D eigenvalue weighted by Gasteiger charge is 2.44. The lowest BCUT2D eigenvalue weighted by Gasteiger charge is -2.36. The molecule has 3 aromatic carbocycles. The number of likely N-dealkylation sites (N-methyl/N-ethyl adjacent to an activating group) is 1. The maximum absolute atomic E-state index is 14.0. The summed E-state index contributed by atoms with van der Waals surface area (Å²) in [6.07, 6.45) is -6.92. The molecule has 0 radical (unpaired) electrons. The zero-order chi connectivity index (χ0) is 108. The minimum absolute atomic E-state index is 0.00744. The average Bonchev–Trinajstić information content (AvgIpc) is 1.24. The summed E-state index contributed by atoms with van der Waals surface area (Å²) in [5.74, 6) is -19.2. The van der Waals surface area contributed by atoms with Crippen molar-refractivity contribution >= 4 is 136 Å². The number of benzene rings is 3. The van der Waals surface area contributed by atoms with E-state index in [9.17, 15) is 131 Å². The number of nitrogens with zero attached hydrogens (tertiary/aromatic N) is 3. The van der Waals surface area contributed by atoms with E-state index in [1.54, 1.807) is 74.5 Å². The quantitative estimate of drug-likeness (QED) is 0.0144. The largest absolute Gasteiger partial charge is 0.508 e. The zero-order valence-electron chi connectivity index (χ0n) is 82.0. The van der Waals surface area contributed by atoms with Gasteiger partial charge >= 0.3 is 17.9 Å². The van der Waals surface area contributed by atoms with Crippen molar-refractivity contribution in [2.24, 2.45) is 62.1 Å². The average molecular weight is 2060 g/mol. The minimum atomic E-state index is -1.79. The van der Waals surface area contributed by atoms with Crippen molar-refractivity contribution in [1.29, 1.82) is 5.41 Å². The third-order valence-electron chi connectivity index (χ3n) is 23.8. The van der Waals surface area contributed by atoms with Gasteiger partial charge in [0.25, 0.3) is 11.8 Å². The normalized spacial score (nSPS) is 24.0. The summed E-state index contributed by atoms with van der Waals surface area (Å²) in [6.45, 7) is 3.75. The van der Waals surface area contributed by atoms with Gasteiger partial charge in [-0.1, -0.05) is 93.1 Å². The molecule has 5 unspecified atom stereocenters. The number of nitrogens with two attached hydrogens (primary N) is 6. The zero-order valence-corrected chi connectivity index (χ0v) is 82.0. The fourth-order valence-electron chi connectivity index (χ4n) is 16.1. The number of aliphatic hydroxyl groups excluding tert-OH is 2. The Morgan fingerprint density at radius 1 is 0.479 bits per heavy atom. The Bertz CT molecular complexity index is 5010. The van der Waals surface area contributed by atoms with Crippen molar-refractivity contribution in [3.05, 3.63) is 102 Å². The first-order valence-corrected chi connectivity index (χ1v) is 48.1. The van der Waals surface area contributed by atoms with Crippen LogP contribution < -0.4 is 104 Å². The Kier molecular flexibility index (Phi) is 52.9. The molecular weight excluding hydrogens is 1910 g/mol. The number of aliphatic imine (C=N–C) groups is 2. The number of carboxylic acids is 3. The molecule has 14 amide bonds. The highest BCUT2D eigenvalue weighted by atomic mass is 19.1. The van der Waals surface area contributed by atoms with Crippen LogP contribution in [0.1, 0.15) is 179 Å². The summed E-state index contributed by atoms with van der Waals surface area (Å²) < 4.78 is 18.9. The molecule has 50 nitrogen and oxygen atoms in total. The number of phenolic OH excluding ortho intramolecular Hbond substituents is 1. The number of unbranched alkanes of at least 4 members (excludes halogenated alkanes) is 3. The molecular formula is C95H140FN23O27. The second kappa shape index (κ2) is 63.4. The molecule has 0 spiro atoms. The van der Waals surface area contributed by atoms with Crippen LogP contribution >= 0.6 is 0 Å². The van der Waals surface area contributed by atoms with Gasteiger partial charge in [-0.25, -0.2) is 4.39 Å². The second-order valence-electron chi connectivity index (χ2n) is 36.1. The monoisotopic (exact) mass is 2050 g/mol. The molecule has 0 bridgehead atoms. The summed E-state index contributed by atoms with van der Waals surface area (Å²) in [6, 6.07) is 10.5. The number of amidine groups is 1. The molecule has 32 N–H and O–H groups in total. The maximum atomic E-state index is 14.0. The van der Waals surface area contributed by atoms with Gasteiger partial charge in [0.15, 0.2) is 41.5 Å². The lowest BCUT2D eigenvalue weighted by molar-refractivity contribution is -0.180. The van der Waals surface area contributed by atoms with Gasteiger partial charge in [0, 0.05) is 103 Å². The van der Waals surface area contributed by atoms with Gasteiger partial charge in [-0.05, 0) is 125 Å². The number of hydrogen-bond acceptors (Lipinski definition) is 28. The number of aromatic hydroxyl groups is 1. The van der Waals surface area contributed by atoms with Gasteiger partial charge in [-0.2, -0.15) is 0 Å². The number of carbonyl (C=O) groups excluding carboxylic acids is 17. The topological polar surface area (TPSA) is 836 Å². The van der Waals surface area contributed by atoms with E-state index in [0.717, 1.165) is 6.92 Å². The summed E-state index contributed by atoms with van der Waals surface area (Å²) in [5, 5.41) is 98.5. The molecule has 146 heavy (non-hydrogen) atoms. The first-order valence-electron chi connectivity index (χ1n) is 48.1. The first kappa shape index (κ1) is 122. The van der Waals surface area contributed by atoms with Gasteiger partial charge < -0.3 is 144 Å². The fourth-order valence-corrected chi connectivity index (χ4v) is 16.1. The van der Waals surface area contributed by atoms with E-state index in [-0.39, 0.29) is 158 Å².